The average Bonchev–Trinajstić information content (AvgIpc) is 3.15. The second-order valence-corrected chi connectivity index (χ2v) is 5.73. The molecule has 2 aliphatic rings. The molecule has 108 valence electrons. The highest BCUT2D eigenvalue weighted by atomic mass is 16.5. The fourth-order valence-electron chi connectivity index (χ4n) is 2.55. The molecule has 1 saturated heterocycles. The summed E-state index contributed by atoms with van der Waals surface area (Å²) in [6, 6.07) is 0. The molecular weight excluding hydrogens is 246 g/mol. The molecule has 0 aromatic rings. The van der Waals surface area contributed by atoms with Crippen molar-refractivity contribution in [3.8, 4) is 0 Å². The van der Waals surface area contributed by atoms with Gasteiger partial charge in [0.25, 0.3) is 0 Å². The smallest absolute Gasteiger partial charge is 0.303 e. The van der Waals surface area contributed by atoms with Gasteiger partial charge in [0, 0.05) is 19.5 Å². The van der Waals surface area contributed by atoms with Crippen LogP contribution >= 0.6 is 0 Å². The first-order chi connectivity index (χ1) is 9.15. The van der Waals surface area contributed by atoms with E-state index in [0.717, 1.165) is 25.8 Å². The lowest BCUT2D eigenvalue weighted by Gasteiger charge is -2.20. The molecule has 1 N–H and O–H groups in total. The first-order valence-corrected chi connectivity index (χ1v) is 7.22. The van der Waals surface area contributed by atoms with E-state index in [4.69, 9.17) is 9.84 Å². The van der Waals surface area contributed by atoms with Crippen LogP contribution in [0.4, 0.5) is 0 Å². The van der Waals surface area contributed by atoms with Crippen molar-refractivity contribution in [3.63, 3.8) is 0 Å². The molecular formula is C14H23NO4. The van der Waals surface area contributed by atoms with Crippen molar-refractivity contribution in [1.29, 1.82) is 0 Å². The first-order valence-electron chi connectivity index (χ1n) is 7.22. The van der Waals surface area contributed by atoms with Crippen LogP contribution in [0.15, 0.2) is 0 Å². The first kappa shape index (κ1) is 14.3. The van der Waals surface area contributed by atoms with Gasteiger partial charge in [-0.1, -0.05) is 0 Å². The number of carboxylic acids is 1. The lowest BCUT2D eigenvalue weighted by molar-refractivity contribution is -0.138. The van der Waals surface area contributed by atoms with E-state index in [1.165, 1.54) is 12.8 Å². The van der Waals surface area contributed by atoms with Gasteiger partial charge in [-0.2, -0.15) is 0 Å². The van der Waals surface area contributed by atoms with Gasteiger partial charge in [0.2, 0.25) is 5.91 Å². The summed E-state index contributed by atoms with van der Waals surface area (Å²) in [6.45, 7) is 2.30. The van der Waals surface area contributed by atoms with Gasteiger partial charge in [-0.05, 0) is 43.9 Å². The molecule has 0 aromatic heterocycles. The number of likely N-dealkylation sites (tertiary alicyclic amines) is 1. The number of amides is 1. The maximum atomic E-state index is 12.0. The normalized spacial score (nSPS) is 24.0. The van der Waals surface area contributed by atoms with Crippen LogP contribution in [-0.4, -0.2) is 48.2 Å². The van der Waals surface area contributed by atoms with Crippen LogP contribution in [0.3, 0.4) is 0 Å². The minimum absolute atomic E-state index is 0.0524. The lowest BCUT2D eigenvalue weighted by atomic mass is 9.97. The minimum atomic E-state index is -0.738. The fraction of sp³-hybridized carbons (Fsp3) is 0.857. The van der Waals surface area contributed by atoms with Crippen molar-refractivity contribution >= 4 is 11.9 Å². The number of hydrogen-bond donors (Lipinski definition) is 1. The van der Waals surface area contributed by atoms with Gasteiger partial charge in [0.1, 0.15) is 6.61 Å². The Bertz CT molecular complexity index is 327. The third kappa shape index (κ3) is 5.19. The van der Waals surface area contributed by atoms with Crippen molar-refractivity contribution < 1.29 is 19.4 Å². The van der Waals surface area contributed by atoms with E-state index in [2.05, 4.69) is 0 Å². The number of hydrogen-bond acceptors (Lipinski definition) is 3. The molecule has 2 rings (SSSR count). The maximum Gasteiger partial charge on any atom is 0.303 e. The summed E-state index contributed by atoms with van der Waals surface area (Å²) in [4.78, 5) is 24.5. The molecule has 1 aliphatic carbocycles. The summed E-state index contributed by atoms with van der Waals surface area (Å²) < 4.78 is 5.42. The minimum Gasteiger partial charge on any atom is -0.481 e. The quantitative estimate of drug-likeness (QED) is 0.794. The Morgan fingerprint density at radius 1 is 1.11 bits per heavy atom. The highest BCUT2D eigenvalue weighted by Gasteiger charge is 2.24. The second kappa shape index (κ2) is 6.89. The topological polar surface area (TPSA) is 66.8 Å². The van der Waals surface area contributed by atoms with E-state index >= 15 is 0 Å². The third-order valence-corrected chi connectivity index (χ3v) is 3.94. The number of carbonyl (C=O) groups is 2. The maximum absolute atomic E-state index is 12.0. The lowest BCUT2D eigenvalue weighted by Crippen LogP contribution is -2.35. The Hall–Kier alpha value is -1.10. The molecule has 1 atom stereocenters. The summed E-state index contributed by atoms with van der Waals surface area (Å²) >= 11 is 0. The second-order valence-electron chi connectivity index (χ2n) is 5.73. The molecule has 5 nitrogen and oxygen atoms in total. The summed E-state index contributed by atoms with van der Waals surface area (Å²) in [5, 5.41) is 8.81. The number of aliphatic carboxylic acids is 1. The van der Waals surface area contributed by atoms with Crippen molar-refractivity contribution in [2.24, 2.45) is 11.8 Å². The molecule has 1 heterocycles. The molecule has 1 aliphatic heterocycles. The van der Waals surface area contributed by atoms with Gasteiger partial charge >= 0.3 is 5.97 Å². The van der Waals surface area contributed by atoms with Crippen LogP contribution in [0.2, 0.25) is 0 Å². The number of ether oxygens (including phenoxy) is 1. The summed E-state index contributed by atoms with van der Waals surface area (Å²) in [5.74, 6) is 0.203. The summed E-state index contributed by atoms with van der Waals surface area (Å²) in [5.41, 5.74) is 0. The average molecular weight is 269 g/mol. The Kier molecular flexibility index (Phi) is 5.19. The monoisotopic (exact) mass is 269 g/mol. The molecule has 1 amide bonds. The van der Waals surface area contributed by atoms with Crippen LogP contribution in [0, 0.1) is 11.8 Å². The predicted molar refractivity (Wildman–Crippen MR) is 69.7 cm³/mol. The van der Waals surface area contributed by atoms with Crippen LogP contribution in [0.1, 0.15) is 38.5 Å². The van der Waals surface area contributed by atoms with E-state index in [-0.39, 0.29) is 24.9 Å². The molecule has 0 aromatic carbocycles. The van der Waals surface area contributed by atoms with Gasteiger partial charge in [0.05, 0.1) is 6.61 Å². The number of rotatable bonds is 6. The van der Waals surface area contributed by atoms with Crippen LogP contribution in [-0.2, 0) is 14.3 Å². The molecule has 0 bridgehead atoms. The van der Waals surface area contributed by atoms with Gasteiger partial charge < -0.3 is 14.7 Å². The van der Waals surface area contributed by atoms with Crippen LogP contribution in [0.25, 0.3) is 0 Å². The van der Waals surface area contributed by atoms with Gasteiger partial charge in [-0.25, -0.2) is 0 Å². The SMILES string of the molecule is O=C(O)C[C@H]1CCCN(C(=O)COCC2CC2)CC1. The number of carboxylic acid groups (broad SMARTS) is 1. The van der Waals surface area contributed by atoms with E-state index in [1.54, 1.807) is 0 Å². The Balaban J connectivity index is 1.68. The van der Waals surface area contributed by atoms with E-state index in [1.807, 2.05) is 4.90 Å². The highest BCUT2D eigenvalue weighted by molar-refractivity contribution is 5.77. The van der Waals surface area contributed by atoms with Gasteiger partial charge in [-0.15, -0.1) is 0 Å². The molecule has 0 unspecified atom stereocenters. The Morgan fingerprint density at radius 2 is 1.89 bits per heavy atom. The van der Waals surface area contributed by atoms with E-state index < -0.39 is 5.97 Å². The van der Waals surface area contributed by atoms with Crippen LogP contribution in [0.5, 0.6) is 0 Å². The van der Waals surface area contributed by atoms with E-state index in [0.29, 0.717) is 19.1 Å². The van der Waals surface area contributed by atoms with Crippen molar-refractivity contribution in [2.45, 2.75) is 38.5 Å². The van der Waals surface area contributed by atoms with Gasteiger partial charge in [-0.3, -0.25) is 9.59 Å². The third-order valence-electron chi connectivity index (χ3n) is 3.94. The van der Waals surface area contributed by atoms with Crippen molar-refractivity contribution in [3.05, 3.63) is 0 Å². The zero-order valence-corrected chi connectivity index (χ0v) is 11.3. The van der Waals surface area contributed by atoms with Gasteiger partial charge in [0.15, 0.2) is 0 Å². The predicted octanol–water partition coefficient (Wildman–Crippen LogP) is 1.52. The highest BCUT2D eigenvalue weighted by Crippen LogP contribution is 2.28. The van der Waals surface area contributed by atoms with Crippen LogP contribution < -0.4 is 0 Å². The molecule has 19 heavy (non-hydrogen) atoms. The zero-order valence-electron chi connectivity index (χ0n) is 11.3. The summed E-state index contributed by atoms with van der Waals surface area (Å²) in [7, 11) is 0. The largest absolute Gasteiger partial charge is 0.481 e. The molecule has 0 spiro atoms. The fourth-order valence-corrected chi connectivity index (χ4v) is 2.55. The van der Waals surface area contributed by atoms with E-state index in [9.17, 15) is 9.59 Å². The zero-order chi connectivity index (χ0) is 13.7. The Morgan fingerprint density at radius 3 is 2.58 bits per heavy atom. The standard InChI is InChI=1S/C14H23NO4/c16-13(10-19-9-12-3-4-12)15-6-1-2-11(5-7-15)8-14(17)18/h11-12H,1-10H2,(H,17,18)/t11-/m0/s1. The number of carbonyl (C=O) groups excluding carboxylic acids is 1. The molecule has 0 radical (unpaired) electrons. The molecule has 2 fully saturated rings. The Labute approximate surface area is 113 Å². The molecule has 1 saturated carbocycles. The van der Waals surface area contributed by atoms with Crippen molar-refractivity contribution in [1.82, 2.24) is 4.90 Å². The van der Waals surface area contributed by atoms with Crippen molar-refractivity contribution in [2.75, 3.05) is 26.3 Å². The number of nitrogens with zero attached hydrogens (tertiary/aromatic N) is 1. The summed E-state index contributed by atoms with van der Waals surface area (Å²) in [6.07, 6.45) is 5.27. The molecule has 5 heteroatoms.